The van der Waals surface area contributed by atoms with Gasteiger partial charge < -0.3 is 23.9 Å². The fourth-order valence-electron chi connectivity index (χ4n) is 4.36. The first-order valence-corrected chi connectivity index (χ1v) is 12.7. The van der Waals surface area contributed by atoms with Gasteiger partial charge in [0.15, 0.2) is 17.2 Å². The summed E-state index contributed by atoms with van der Waals surface area (Å²) in [6.45, 7) is 6.46. The molecule has 1 aliphatic heterocycles. The molecule has 0 fully saturated rings. The number of nitrogens with one attached hydrogen (secondary N) is 1. The van der Waals surface area contributed by atoms with Gasteiger partial charge >= 0.3 is 0 Å². The SMILES string of the molecule is CCOc1ccc(CN(Cc2ccc3c(c2)OCO3)Cc2nc(C(=O)N[C@@H](C)c3ccccc3)co2)cc1. The van der Waals surface area contributed by atoms with Gasteiger partial charge in [0, 0.05) is 13.1 Å². The molecule has 0 saturated carbocycles. The summed E-state index contributed by atoms with van der Waals surface area (Å²) < 4.78 is 22.3. The van der Waals surface area contributed by atoms with E-state index in [9.17, 15) is 4.79 Å². The predicted octanol–water partition coefficient (Wildman–Crippen LogP) is 5.50. The van der Waals surface area contributed by atoms with Crippen molar-refractivity contribution in [2.75, 3.05) is 13.4 Å². The Morgan fingerprint density at radius 1 is 0.974 bits per heavy atom. The van der Waals surface area contributed by atoms with Gasteiger partial charge in [0.2, 0.25) is 12.7 Å². The average Bonchev–Trinajstić information content (AvgIpc) is 3.60. The Labute approximate surface area is 222 Å². The largest absolute Gasteiger partial charge is 0.494 e. The third kappa shape index (κ3) is 6.33. The first-order chi connectivity index (χ1) is 18.6. The number of amides is 1. The number of rotatable bonds is 11. The number of carbonyl (C=O) groups excluding carboxylic acids is 1. The lowest BCUT2D eigenvalue weighted by atomic mass is 10.1. The monoisotopic (exact) mass is 513 g/mol. The number of ether oxygens (including phenoxy) is 3. The van der Waals surface area contributed by atoms with E-state index >= 15 is 0 Å². The van der Waals surface area contributed by atoms with Gasteiger partial charge in [-0.05, 0) is 54.8 Å². The number of aromatic nitrogens is 1. The molecule has 1 aromatic heterocycles. The number of hydrogen-bond acceptors (Lipinski definition) is 7. The van der Waals surface area contributed by atoms with E-state index in [4.69, 9.17) is 18.6 Å². The highest BCUT2D eigenvalue weighted by Gasteiger charge is 2.19. The molecule has 0 aliphatic carbocycles. The van der Waals surface area contributed by atoms with Crippen molar-refractivity contribution < 1.29 is 23.4 Å². The van der Waals surface area contributed by atoms with E-state index in [1.54, 1.807) is 0 Å². The van der Waals surface area contributed by atoms with Crippen LogP contribution < -0.4 is 19.5 Å². The van der Waals surface area contributed by atoms with Crippen molar-refractivity contribution in [3.8, 4) is 17.2 Å². The quantitative estimate of drug-likeness (QED) is 0.284. The summed E-state index contributed by atoms with van der Waals surface area (Å²) in [4.78, 5) is 19.5. The fourth-order valence-corrected chi connectivity index (χ4v) is 4.36. The van der Waals surface area contributed by atoms with Crippen LogP contribution in [0.3, 0.4) is 0 Å². The summed E-state index contributed by atoms with van der Waals surface area (Å²) in [6, 6.07) is 23.7. The van der Waals surface area contributed by atoms with Crippen LogP contribution in [-0.4, -0.2) is 29.2 Å². The molecule has 0 radical (unpaired) electrons. The van der Waals surface area contributed by atoms with E-state index in [1.807, 2.05) is 74.5 Å². The van der Waals surface area contributed by atoms with Crippen LogP contribution >= 0.6 is 0 Å². The van der Waals surface area contributed by atoms with Crippen molar-refractivity contribution in [1.29, 1.82) is 0 Å². The van der Waals surface area contributed by atoms with Gasteiger partial charge in [-0.2, -0.15) is 0 Å². The molecular weight excluding hydrogens is 482 g/mol. The lowest BCUT2D eigenvalue weighted by molar-refractivity contribution is 0.0934. The van der Waals surface area contributed by atoms with Gasteiger partial charge in [0.25, 0.3) is 5.91 Å². The van der Waals surface area contributed by atoms with Crippen LogP contribution in [0.2, 0.25) is 0 Å². The lowest BCUT2D eigenvalue weighted by Crippen LogP contribution is -2.27. The van der Waals surface area contributed by atoms with Crippen molar-refractivity contribution >= 4 is 5.91 Å². The molecule has 0 bridgehead atoms. The van der Waals surface area contributed by atoms with E-state index in [0.29, 0.717) is 32.1 Å². The van der Waals surface area contributed by atoms with Gasteiger partial charge in [0.1, 0.15) is 12.0 Å². The molecule has 38 heavy (non-hydrogen) atoms. The summed E-state index contributed by atoms with van der Waals surface area (Å²) in [5.74, 6) is 2.53. The van der Waals surface area contributed by atoms with Crippen LogP contribution in [0.5, 0.6) is 17.2 Å². The second kappa shape index (κ2) is 11.8. The number of benzene rings is 3. The number of nitrogens with zero attached hydrogens (tertiary/aromatic N) is 2. The highest BCUT2D eigenvalue weighted by Crippen LogP contribution is 2.33. The van der Waals surface area contributed by atoms with E-state index in [2.05, 4.69) is 27.3 Å². The molecule has 0 saturated heterocycles. The molecule has 1 aliphatic rings. The molecule has 1 atom stereocenters. The van der Waals surface area contributed by atoms with E-state index < -0.39 is 0 Å². The van der Waals surface area contributed by atoms with Crippen LogP contribution in [0.25, 0.3) is 0 Å². The zero-order chi connectivity index (χ0) is 26.3. The molecule has 0 spiro atoms. The number of hydrogen-bond donors (Lipinski definition) is 1. The van der Waals surface area contributed by atoms with Crippen LogP contribution in [0, 0.1) is 0 Å². The second-order valence-electron chi connectivity index (χ2n) is 9.14. The fraction of sp³-hybridized carbons (Fsp3) is 0.267. The molecule has 1 amide bonds. The van der Waals surface area contributed by atoms with Gasteiger partial charge in [0.05, 0.1) is 19.2 Å². The number of carbonyl (C=O) groups is 1. The van der Waals surface area contributed by atoms with Gasteiger partial charge in [-0.1, -0.05) is 48.5 Å². The summed E-state index contributed by atoms with van der Waals surface area (Å²) in [7, 11) is 0. The molecule has 4 aromatic rings. The van der Waals surface area contributed by atoms with E-state index in [-0.39, 0.29) is 24.4 Å². The minimum absolute atomic E-state index is 0.147. The molecular formula is C30H31N3O5. The standard InChI is InChI=1S/C30H31N3O5/c1-3-35-25-12-9-22(10-13-25)16-33(17-23-11-14-27-28(15-23)38-20-37-27)18-29-32-26(19-36-29)30(34)31-21(2)24-7-5-4-6-8-24/h4-15,19,21H,3,16-18,20H2,1-2H3,(H,31,34)/t21-/m0/s1. The minimum atomic E-state index is -0.273. The number of fused-ring (bicyclic) bond motifs is 1. The smallest absolute Gasteiger partial charge is 0.273 e. The Balaban J connectivity index is 1.29. The summed E-state index contributed by atoms with van der Waals surface area (Å²) >= 11 is 0. The Morgan fingerprint density at radius 2 is 1.71 bits per heavy atom. The van der Waals surface area contributed by atoms with E-state index in [1.165, 1.54) is 6.26 Å². The summed E-state index contributed by atoms with van der Waals surface area (Å²) in [5.41, 5.74) is 3.47. The van der Waals surface area contributed by atoms with E-state index in [0.717, 1.165) is 33.9 Å². The van der Waals surface area contributed by atoms with Gasteiger partial charge in [-0.3, -0.25) is 9.69 Å². The molecule has 8 nitrogen and oxygen atoms in total. The minimum Gasteiger partial charge on any atom is -0.494 e. The molecule has 1 N–H and O–H groups in total. The zero-order valence-electron chi connectivity index (χ0n) is 21.6. The maximum atomic E-state index is 12.8. The van der Waals surface area contributed by atoms with Crippen LogP contribution in [0.1, 0.15) is 53.0 Å². The molecule has 2 heterocycles. The van der Waals surface area contributed by atoms with Crippen molar-refractivity contribution in [2.24, 2.45) is 0 Å². The third-order valence-electron chi connectivity index (χ3n) is 6.27. The van der Waals surface area contributed by atoms with Crippen LogP contribution in [0.4, 0.5) is 0 Å². The molecule has 3 aromatic carbocycles. The molecule has 5 rings (SSSR count). The Morgan fingerprint density at radius 3 is 2.50 bits per heavy atom. The number of oxazole rings is 1. The van der Waals surface area contributed by atoms with Gasteiger partial charge in [-0.15, -0.1) is 0 Å². The lowest BCUT2D eigenvalue weighted by Gasteiger charge is -2.21. The Kier molecular flexibility index (Phi) is 7.89. The molecule has 8 heteroatoms. The second-order valence-corrected chi connectivity index (χ2v) is 9.14. The summed E-state index contributed by atoms with van der Waals surface area (Å²) in [5, 5.41) is 2.99. The van der Waals surface area contributed by atoms with Crippen molar-refractivity contribution in [2.45, 2.75) is 39.5 Å². The first kappa shape index (κ1) is 25.4. The maximum absolute atomic E-state index is 12.8. The zero-order valence-corrected chi connectivity index (χ0v) is 21.6. The van der Waals surface area contributed by atoms with Gasteiger partial charge in [-0.25, -0.2) is 4.98 Å². The third-order valence-corrected chi connectivity index (χ3v) is 6.27. The topological polar surface area (TPSA) is 86.1 Å². The average molecular weight is 514 g/mol. The van der Waals surface area contributed by atoms with Crippen LogP contribution in [-0.2, 0) is 19.6 Å². The highest BCUT2D eigenvalue weighted by molar-refractivity contribution is 5.92. The van der Waals surface area contributed by atoms with Crippen LogP contribution in [0.15, 0.2) is 83.5 Å². The highest BCUT2D eigenvalue weighted by atomic mass is 16.7. The normalized spacial score (nSPS) is 12.9. The molecule has 196 valence electrons. The first-order valence-electron chi connectivity index (χ1n) is 12.7. The Hall–Kier alpha value is -4.30. The van der Waals surface area contributed by atoms with Crippen molar-refractivity contribution in [3.63, 3.8) is 0 Å². The van der Waals surface area contributed by atoms with Crippen molar-refractivity contribution in [1.82, 2.24) is 15.2 Å². The summed E-state index contributed by atoms with van der Waals surface area (Å²) in [6.07, 6.45) is 1.41. The van der Waals surface area contributed by atoms with Crippen molar-refractivity contribution in [3.05, 3.63) is 107 Å². The molecule has 0 unspecified atom stereocenters. The maximum Gasteiger partial charge on any atom is 0.273 e. The predicted molar refractivity (Wildman–Crippen MR) is 142 cm³/mol. The Bertz CT molecular complexity index is 1350.